The molecule has 0 radical (unpaired) electrons. The van der Waals surface area contributed by atoms with Gasteiger partial charge in [0.15, 0.2) is 5.69 Å². The zero-order chi connectivity index (χ0) is 31.6. The van der Waals surface area contributed by atoms with E-state index < -0.39 is 0 Å². The zero-order valence-corrected chi connectivity index (χ0v) is 27.9. The molecule has 1 unspecified atom stereocenters. The number of ether oxygens (including phenoxy) is 2. The minimum Gasteiger partial charge on any atom is -0.488 e. The summed E-state index contributed by atoms with van der Waals surface area (Å²) in [5.74, 6) is 1.76. The third-order valence-electron chi connectivity index (χ3n) is 9.44. The first kappa shape index (κ1) is 29.1. The standard InChI is InChI=1S/C38H41N4O3S/c1-38(2,3)39-36-33-29-21-26-17-11-19-40-20-12-18-28(31(26)40)34(29)45-23-27(22-30(43)44-4)41(33)37-42(36)32(24-13-7-5-8-14-24)35(46-37)25-15-9-6-10-16-25/h5-10,13-16,21,27,39H,11-12,17-20,22-23H2,1-4H3/q+1. The van der Waals surface area contributed by atoms with E-state index in [1.165, 1.54) is 34.4 Å². The van der Waals surface area contributed by atoms with Crippen molar-refractivity contribution in [1.29, 1.82) is 0 Å². The number of hydrogen-bond acceptors (Lipinski definition) is 6. The van der Waals surface area contributed by atoms with Gasteiger partial charge in [-0.15, -0.1) is 0 Å². The Morgan fingerprint density at radius 3 is 2.41 bits per heavy atom. The lowest BCUT2D eigenvalue weighted by Gasteiger charge is -2.38. The maximum Gasteiger partial charge on any atom is 0.349 e. The molecule has 3 aliphatic heterocycles. The number of carbonyl (C=O) groups excluding carboxylic acids is 1. The number of esters is 1. The molecule has 3 aromatic carbocycles. The van der Waals surface area contributed by atoms with Crippen molar-refractivity contribution < 1.29 is 18.8 Å². The number of fused-ring (bicyclic) bond motifs is 6. The molecular weight excluding hydrogens is 593 g/mol. The highest BCUT2D eigenvalue weighted by atomic mass is 32.1. The molecule has 0 aliphatic carbocycles. The van der Waals surface area contributed by atoms with E-state index in [2.05, 4.69) is 107 Å². The highest BCUT2D eigenvalue weighted by Gasteiger charge is 2.44. The highest BCUT2D eigenvalue weighted by Crippen LogP contribution is 2.51. The van der Waals surface area contributed by atoms with Crippen molar-refractivity contribution in [1.82, 2.24) is 4.40 Å². The van der Waals surface area contributed by atoms with E-state index in [0.717, 1.165) is 77.8 Å². The molecule has 0 saturated heterocycles. The molecule has 5 aromatic rings. The number of methoxy groups -OCH3 is 1. The summed E-state index contributed by atoms with van der Waals surface area (Å²) in [7, 11) is 1.47. The molecule has 3 aliphatic rings. The zero-order valence-electron chi connectivity index (χ0n) is 27.1. The number of imidazole rings is 1. The van der Waals surface area contributed by atoms with Gasteiger partial charge in [-0.3, -0.25) is 4.79 Å². The second kappa shape index (κ2) is 11.2. The molecule has 7 nitrogen and oxygen atoms in total. The van der Waals surface area contributed by atoms with Crippen LogP contribution in [0.15, 0.2) is 66.7 Å². The van der Waals surface area contributed by atoms with Gasteiger partial charge in [0.2, 0.25) is 11.5 Å². The summed E-state index contributed by atoms with van der Waals surface area (Å²) in [6, 6.07) is 23.5. The van der Waals surface area contributed by atoms with Gasteiger partial charge in [-0.05, 0) is 75.0 Å². The minimum absolute atomic E-state index is 0.219. The van der Waals surface area contributed by atoms with Gasteiger partial charge in [0, 0.05) is 35.4 Å². The summed E-state index contributed by atoms with van der Waals surface area (Å²) in [5.41, 5.74) is 9.54. The van der Waals surface area contributed by atoms with Crippen molar-refractivity contribution in [3.05, 3.63) is 77.9 Å². The Morgan fingerprint density at radius 2 is 1.72 bits per heavy atom. The van der Waals surface area contributed by atoms with Crippen molar-refractivity contribution >= 4 is 33.8 Å². The summed E-state index contributed by atoms with van der Waals surface area (Å²) >= 11 is 1.78. The van der Waals surface area contributed by atoms with Gasteiger partial charge in [-0.25, -0.2) is 4.57 Å². The molecule has 0 spiro atoms. The van der Waals surface area contributed by atoms with E-state index in [4.69, 9.17) is 9.47 Å². The lowest BCUT2D eigenvalue weighted by molar-refractivity contribution is -0.684. The first-order chi connectivity index (χ1) is 22.3. The van der Waals surface area contributed by atoms with Gasteiger partial charge < -0.3 is 19.7 Å². The molecule has 236 valence electrons. The van der Waals surface area contributed by atoms with Gasteiger partial charge in [-0.1, -0.05) is 60.7 Å². The number of hydrogen-bond donors (Lipinski definition) is 1. The summed E-state index contributed by atoms with van der Waals surface area (Å²) in [6.07, 6.45) is 4.57. The van der Waals surface area contributed by atoms with Crippen molar-refractivity contribution in [3.63, 3.8) is 0 Å². The largest absolute Gasteiger partial charge is 0.488 e. The maximum absolute atomic E-state index is 13.0. The van der Waals surface area contributed by atoms with E-state index in [-0.39, 0.29) is 24.0 Å². The van der Waals surface area contributed by atoms with Crippen molar-refractivity contribution in [2.24, 2.45) is 0 Å². The van der Waals surface area contributed by atoms with Gasteiger partial charge in [0.05, 0.1) is 24.0 Å². The molecular formula is C38H41N4O3S+. The Balaban J connectivity index is 1.51. The Bertz CT molecular complexity index is 1950. The van der Waals surface area contributed by atoms with Crippen molar-refractivity contribution in [3.8, 4) is 38.7 Å². The van der Waals surface area contributed by atoms with Crippen LogP contribution in [0.3, 0.4) is 0 Å². The van der Waals surface area contributed by atoms with Gasteiger partial charge >= 0.3 is 10.9 Å². The van der Waals surface area contributed by atoms with Gasteiger partial charge in [0.25, 0.3) is 0 Å². The van der Waals surface area contributed by atoms with Crippen LogP contribution in [0.25, 0.3) is 37.9 Å². The van der Waals surface area contributed by atoms with Crippen LogP contribution in [-0.2, 0) is 22.4 Å². The Kier molecular flexibility index (Phi) is 7.09. The molecule has 1 N–H and O–H groups in total. The third kappa shape index (κ3) is 4.77. The molecule has 1 atom stereocenters. The van der Waals surface area contributed by atoms with Crippen LogP contribution in [0.5, 0.6) is 5.75 Å². The van der Waals surface area contributed by atoms with E-state index >= 15 is 0 Å². The highest BCUT2D eigenvalue weighted by molar-refractivity contribution is 7.20. The molecule has 0 fully saturated rings. The normalized spacial score (nSPS) is 17.0. The summed E-state index contributed by atoms with van der Waals surface area (Å²) in [4.78, 5) is 17.9. The third-order valence-corrected chi connectivity index (χ3v) is 10.6. The summed E-state index contributed by atoms with van der Waals surface area (Å²) in [5, 5.41) is 3.97. The van der Waals surface area contributed by atoms with Crippen LogP contribution < -0.4 is 19.5 Å². The first-order valence-corrected chi connectivity index (χ1v) is 17.3. The van der Waals surface area contributed by atoms with Gasteiger partial charge in [0.1, 0.15) is 18.4 Å². The molecule has 0 saturated carbocycles. The smallest absolute Gasteiger partial charge is 0.349 e. The van der Waals surface area contributed by atoms with E-state index in [9.17, 15) is 4.79 Å². The maximum atomic E-state index is 13.0. The topological polar surface area (TPSA) is 59.1 Å². The number of aryl methyl sites for hydroxylation is 1. The molecule has 46 heavy (non-hydrogen) atoms. The van der Waals surface area contributed by atoms with Crippen LogP contribution in [0.4, 0.5) is 11.5 Å². The van der Waals surface area contributed by atoms with Crippen molar-refractivity contribution in [2.75, 3.05) is 37.0 Å². The molecule has 8 heteroatoms. The quantitative estimate of drug-likeness (QED) is 0.159. The average Bonchev–Trinajstić information content (AvgIpc) is 3.53. The predicted molar refractivity (Wildman–Crippen MR) is 185 cm³/mol. The Labute approximate surface area is 274 Å². The summed E-state index contributed by atoms with van der Waals surface area (Å²) in [6.45, 7) is 9.23. The van der Waals surface area contributed by atoms with Crippen LogP contribution in [0.1, 0.15) is 57.2 Å². The minimum atomic E-state index is -0.254. The summed E-state index contributed by atoms with van der Waals surface area (Å²) < 4.78 is 16.9. The van der Waals surface area contributed by atoms with Crippen LogP contribution in [0.2, 0.25) is 0 Å². The van der Waals surface area contributed by atoms with Crippen LogP contribution in [-0.4, -0.2) is 42.7 Å². The number of aromatic nitrogens is 2. The number of nitrogens with zero attached hydrogens (tertiary/aromatic N) is 3. The van der Waals surface area contributed by atoms with E-state index in [1.807, 2.05) is 0 Å². The van der Waals surface area contributed by atoms with Crippen LogP contribution in [0, 0.1) is 0 Å². The number of thiazole rings is 1. The number of rotatable bonds is 5. The molecule has 0 bridgehead atoms. The fraction of sp³-hybridized carbons (Fsp3) is 0.368. The van der Waals surface area contributed by atoms with Crippen molar-refractivity contribution in [2.45, 2.75) is 64.5 Å². The fourth-order valence-electron chi connectivity index (χ4n) is 7.62. The Hall–Kier alpha value is -4.30. The van der Waals surface area contributed by atoms with Crippen LogP contribution >= 0.6 is 11.3 Å². The van der Waals surface area contributed by atoms with Gasteiger partial charge in [-0.2, -0.15) is 4.40 Å². The number of benzene rings is 3. The SMILES string of the molecule is COC(=O)CC1COc2c(cc3c4c2CCCN4CCC3)-c2c(NC(C)(C)C)n3c(-c4ccccc4)c(-c4ccccc4)sc3[n+]21. The molecule has 2 aromatic heterocycles. The second-order valence-corrected chi connectivity index (χ2v) is 14.7. The molecule has 0 amide bonds. The predicted octanol–water partition coefficient (Wildman–Crippen LogP) is 7.70. The number of carbonyl (C=O) groups is 1. The average molecular weight is 634 g/mol. The lowest BCUT2D eigenvalue weighted by atomic mass is 9.88. The second-order valence-electron chi connectivity index (χ2n) is 13.8. The number of nitrogens with one attached hydrogen (secondary N) is 1. The first-order valence-electron chi connectivity index (χ1n) is 16.5. The van der Waals surface area contributed by atoms with E-state index in [0.29, 0.717) is 6.61 Å². The fourth-order valence-corrected chi connectivity index (χ4v) is 8.98. The number of anilines is 2. The molecule has 5 heterocycles. The monoisotopic (exact) mass is 633 g/mol. The lowest BCUT2D eigenvalue weighted by Crippen LogP contribution is -2.43. The molecule has 8 rings (SSSR count). The van der Waals surface area contributed by atoms with E-state index in [1.54, 1.807) is 11.3 Å². The Morgan fingerprint density at radius 1 is 1.02 bits per heavy atom.